The number of ether oxygens (including phenoxy) is 2. The van der Waals surface area contributed by atoms with Crippen LogP contribution in [0.5, 0.6) is 11.5 Å². The standard InChI is InChI=1S/C15H23BrN2O3/c1-4-6-18-14(19)10-17-9-11-7-12(16)15(21-5-2)13(8-11)20-3/h7-8,17H,4-6,9-10H2,1-3H3,(H,18,19). The van der Waals surface area contributed by atoms with Crippen molar-refractivity contribution in [3.63, 3.8) is 0 Å². The fourth-order valence-electron chi connectivity index (χ4n) is 1.81. The summed E-state index contributed by atoms with van der Waals surface area (Å²) in [4.78, 5) is 11.5. The maximum Gasteiger partial charge on any atom is 0.233 e. The van der Waals surface area contributed by atoms with Gasteiger partial charge in [-0.1, -0.05) is 6.92 Å². The monoisotopic (exact) mass is 358 g/mol. The fourth-order valence-corrected chi connectivity index (χ4v) is 2.41. The van der Waals surface area contributed by atoms with Crippen LogP contribution in [0.4, 0.5) is 0 Å². The molecule has 1 aromatic rings. The first kappa shape index (κ1) is 17.8. The van der Waals surface area contributed by atoms with Gasteiger partial charge in [0.2, 0.25) is 5.91 Å². The lowest BCUT2D eigenvalue weighted by atomic mass is 10.2. The Kier molecular flexibility index (Phi) is 8.15. The maximum atomic E-state index is 11.5. The number of hydrogen-bond acceptors (Lipinski definition) is 4. The Morgan fingerprint density at radius 1 is 1.33 bits per heavy atom. The van der Waals surface area contributed by atoms with Crippen molar-refractivity contribution in [1.29, 1.82) is 0 Å². The molecule has 0 fully saturated rings. The lowest BCUT2D eigenvalue weighted by Gasteiger charge is -2.13. The Hall–Kier alpha value is -1.27. The van der Waals surface area contributed by atoms with E-state index in [9.17, 15) is 4.79 Å². The predicted molar refractivity (Wildman–Crippen MR) is 86.9 cm³/mol. The molecule has 0 atom stereocenters. The average Bonchev–Trinajstić information content (AvgIpc) is 2.47. The van der Waals surface area contributed by atoms with E-state index in [0.717, 1.165) is 16.5 Å². The second-order valence-corrected chi connectivity index (χ2v) is 5.35. The number of amides is 1. The number of hydrogen-bond donors (Lipinski definition) is 2. The van der Waals surface area contributed by atoms with Crippen molar-refractivity contribution in [2.24, 2.45) is 0 Å². The van der Waals surface area contributed by atoms with Gasteiger partial charge in [-0.25, -0.2) is 0 Å². The summed E-state index contributed by atoms with van der Waals surface area (Å²) in [7, 11) is 1.61. The summed E-state index contributed by atoms with van der Waals surface area (Å²) in [5.41, 5.74) is 1.02. The molecule has 1 amide bonds. The smallest absolute Gasteiger partial charge is 0.233 e. The third kappa shape index (κ3) is 5.93. The predicted octanol–water partition coefficient (Wildman–Crippen LogP) is 2.47. The van der Waals surface area contributed by atoms with Gasteiger partial charge >= 0.3 is 0 Å². The van der Waals surface area contributed by atoms with E-state index in [1.165, 1.54) is 0 Å². The number of benzene rings is 1. The highest BCUT2D eigenvalue weighted by molar-refractivity contribution is 9.10. The average molecular weight is 359 g/mol. The second kappa shape index (κ2) is 9.63. The van der Waals surface area contributed by atoms with Gasteiger partial charge in [-0.2, -0.15) is 0 Å². The summed E-state index contributed by atoms with van der Waals surface area (Å²) in [6.07, 6.45) is 0.939. The Morgan fingerprint density at radius 3 is 2.71 bits per heavy atom. The van der Waals surface area contributed by atoms with E-state index in [2.05, 4.69) is 26.6 Å². The zero-order valence-electron chi connectivity index (χ0n) is 12.8. The number of carbonyl (C=O) groups is 1. The van der Waals surface area contributed by atoms with Crippen LogP contribution in [0.15, 0.2) is 16.6 Å². The van der Waals surface area contributed by atoms with Gasteiger partial charge < -0.3 is 20.1 Å². The number of carbonyl (C=O) groups excluding carboxylic acids is 1. The van der Waals surface area contributed by atoms with Crippen LogP contribution in [0.2, 0.25) is 0 Å². The molecule has 0 radical (unpaired) electrons. The number of halogens is 1. The zero-order valence-corrected chi connectivity index (χ0v) is 14.4. The van der Waals surface area contributed by atoms with Gasteiger partial charge in [0, 0.05) is 13.1 Å². The summed E-state index contributed by atoms with van der Waals surface area (Å²) in [5.74, 6) is 1.39. The minimum absolute atomic E-state index is 0.00816. The number of rotatable bonds is 9. The third-order valence-corrected chi connectivity index (χ3v) is 3.35. The van der Waals surface area contributed by atoms with E-state index >= 15 is 0 Å². The molecular formula is C15H23BrN2O3. The zero-order chi connectivity index (χ0) is 15.7. The first-order valence-corrected chi connectivity index (χ1v) is 7.88. The quantitative estimate of drug-likeness (QED) is 0.711. The molecule has 0 aliphatic rings. The van der Waals surface area contributed by atoms with Crippen LogP contribution in [0.3, 0.4) is 0 Å². The Balaban J connectivity index is 2.60. The lowest BCUT2D eigenvalue weighted by Crippen LogP contribution is -2.33. The summed E-state index contributed by atoms with van der Waals surface area (Å²) < 4.78 is 11.7. The van der Waals surface area contributed by atoms with Crippen molar-refractivity contribution in [2.75, 3.05) is 26.8 Å². The fraction of sp³-hybridized carbons (Fsp3) is 0.533. The van der Waals surface area contributed by atoms with Crippen molar-refractivity contribution < 1.29 is 14.3 Å². The molecule has 0 aliphatic heterocycles. The Bertz CT molecular complexity index is 466. The molecule has 2 N–H and O–H groups in total. The van der Waals surface area contributed by atoms with Crippen molar-refractivity contribution >= 4 is 21.8 Å². The summed E-state index contributed by atoms with van der Waals surface area (Å²) in [5, 5.41) is 5.93. The molecule has 0 aliphatic carbocycles. The Morgan fingerprint density at radius 2 is 2.10 bits per heavy atom. The molecule has 0 heterocycles. The number of methoxy groups -OCH3 is 1. The van der Waals surface area contributed by atoms with Crippen molar-refractivity contribution in [2.45, 2.75) is 26.8 Å². The highest BCUT2D eigenvalue weighted by Crippen LogP contribution is 2.36. The van der Waals surface area contributed by atoms with Crippen LogP contribution in [0.1, 0.15) is 25.8 Å². The van der Waals surface area contributed by atoms with Crippen LogP contribution < -0.4 is 20.1 Å². The highest BCUT2D eigenvalue weighted by atomic mass is 79.9. The normalized spacial score (nSPS) is 10.3. The molecule has 6 heteroatoms. The van der Waals surface area contributed by atoms with E-state index in [1.54, 1.807) is 7.11 Å². The van der Waals surface area contributed by atoms with Gasteiger partial charge in [0.15, 0.2) is 11.5 Å². The van der Waals surface area contributed by atoms with E-state index in [1.807, 2.05) is 26.0 Å². The molecule has 0 saturated carbocycles. The molecular weight excluding hydrogens is 336 g/mol. The van der Waals surface area contributed by atoms with Crippen LogP contribution >= 0.6 is 15.9 Å². The van der Waals surface area contributed by atoms with Crippen LogP contribution in [-0.2, 0) is 11.3 Å². The maximum absolute atomic E-state index is 11.5. The van der Waals surface area contributed by atoms with E-state index in [4.69, 9.17) is 9.47 Å². The van der Waals surface area contributed by atoms with Gasteiger partial charge in [-0.05, 0) is 47.0 Å². The molecule has 21 heavy (non-hydrogen) atoms. The number of nitrogens with one attached hydrogen (secondary N) is 2. The molecule has 0 spiro atoms. The van der Waals surface area contributed by atoms with E-state index in [0.29, 0.717) is 37.7 Å². The van der Waals surface area contributed by atoms with Crippen molar-refractivity contribution in [3.05, 3.63) is 22.2 Å². The first-order chi connectivity index (χ1) is 10.1. The van der Waals surface area contributed by atoms with Crippen LogP contribution in [-0.4, -0.2) is 32.7 Å². The van der Waals surface area contributed by atoms with E-state index in [-0.39, 0.29) is 5.91 Å². The van der Waals surface area contributed by atoms with Gasteiger partial charge in [0.05, 0.1) is 24.7 Å². The summed E-state index contributed by atoms with van der Waals surface area (Å²) in [6, 6.07) is 3.87. The molecule has 0 saturated heterocycles. The van der Waals surface area contributed by atoms with Gasteiger partial charge in [0.25, 0.3) is 0 Å². The molecule has 0 unspecified atom stereocenters. The van der Waals surface area contributed by atoms with Crippen molar-refractivity contribution in [3.8, 4) is 11.5 Å². The molecule has 118 valence electrons. The van der Waals surface area contributed by atoms with Crippen molar-refractivity contribution in [1.82, 2.24) is 10.6 Å². The van der Waals surface area contributed by atoms with Gasteiger partial charge in [-0.3, -0.25) is 4.79 Å². The molecule has 1 aromatic carbocycles. The van der Waals surface area contributed by atoms with Gasteiger partial charge in [-0.15, -0.1) is 0 Å². The minimum Gasteiger partial charge on any atom is -0.493 e. The topological polar surface area (TPSA) is 59.6 Å². The summed E-state index contributed by atoms with van der Waals surface area (Å²) >= 11 is 3.48. The molecule has 1 rings (SSSR count). The van der Waals surface area contributed by atoms with Crippen LogP contribution in [0, 0.1) is 0 Å². The SMILES string of the molecule is CCCNC(=O)CNCc1cc(Br)c(OCC)c(OC)c1. The van der Waals surface area contributed by atoms with Gasteiger partial charge in [0.1, 0.15) is 0 Å². The Labute approximate surface area is 134 Å². The molecule has 0 aromatic heterocycles. The molecule has 5 nitrogen and oxygen atoms in total. The largest absolute Gasteiger partial charge is 0.493 e. The minimum atomic E-state index is 0.00816. The second-order valence-electron chi connectivity index (χ2n) is 4.50. The van der Waals surface area contributed by atoms with Crippen LogP contribution in [0.25, 0.3) is 0 Å². The van der Waals surface area contributed by atoms with E-state index < -0.39 is 0 Å². The third-order valence-electron chi connectivity index (χ3n) is 2.76. The highest BCUT2D eigenvalue weighted by Gasteiger charge is 2.11. The molecule has 0 bridgehead atoms. The summed E-state index contributed by atoms with van der Waals surface area (Å²) in [6.45, 7) is 6.12. The first-order valence-electron chi connectivity index (χ1n) is 7.08. The lowest BCUT2D eigenvalue weighted by molar-refractivity contribution is -0.120.